The second kappa shape index (κ2) is 2.99. The number of hydrogen-bond acceptors (Lipinski definition) is 4. The number of nitrogens with one attached hydrogen (secondary N) is 2. The monoisotopic (exact) mass is 191 g/mol. The molecule has 0 amide bonds. The quantitative estimate of drug-likeness (QED) is 0.592. The number of aromatic nitrogens is 4. The van der Waals surface area contributed by atoms with Gasteiger partial charge in [0.1, 0.15) is 5.82 Å². The van der Waals surface area contributed by atoms with Crippen molar-refractivity contribution in [3.63, 3.8) is 0 Å². The molecule has 0 bridgehead atoms. The van der Waals surface area contributed by atoms with Crippen LogP contribution in [0.2, 0.25) is 0 Å². The summed E-state index contributed by atoms with van der Waals surface area (Å²) in [6.45, 7) is 1.82. The molecular weight excluding hydrogens is 182 g/mol. The molecular formula is C8H9N5O. The highest BCUT2D eigenvalue weighted by atomic mass is 16.1. The fourth-order valence-electron chi connectivity index (χ4n) is 1.17. The molecule has 6 nitrogen and oxygen atoms in total. The lowest BCUT2D eigenvalue weighted by Gasteiger charge is -2.00. The average molecular weight is 191 g/mol. The Kier molecular flexibility index (Phi) is 1.81. The molecule has 0 unspecified atom stereocenters. The second-order valence-corrected chi connectivity index (χ2v) is 2.90. The van der Waals surface area contributed by atoms with E-state index in [0.29, 0.717) is 17.1 Å². The summed E-state index contributed by atoms with van der Waals surface area (Å²) in [5, 5.41) is 0. The number of hydrogen-bond donors (Lipinski definition) is 3. The predicted octanol–water partition coefficient (Wildman–Crippen LogP) is 0.0506. The maximum atomic E-state index is 11.0. The highest BCUT2D eigenvalue weighted by Gasteiger charge is 2.06. The van der Waals surface area contributed by atoms with Crippen molar-refractivity contribution in [1.82, 2.24) is 19.9 Å². The summed E-state index contributed by atoms with van der Waals surface area (Å²) in [6, 6.07) is 0. The van der Waals surface area contributed by atoms with Crippen LogP contribution in [0.25, 0.3) is 11.4 Å². The lowest BCUT2D eigenvalue weighted by atomic mass is 10.3. The Bertz CT molecular complexity index is 512. The summed E-state index contributed by atoms with van der Waals surface area (Å²) < 4.78 is 0. The van der Waals surface area contributed by atoms with Gasteiger partial charge in [0.25, 0.3) is 0 Å². The van der Waals surface area contributed by atoms with Gasteiger partial charge in [0.15, 0.2) is 0 Å². The molecule has 0 saturated heterocycles. The first-order chi connectivity index (χ1) is 6.66. The standard InChI is InChI=1S/C8H9N5O/c1-4-10-3-6(12-4)7-5(9)2-11-8(14)13-7/h2-3H,9H2,1H3,(H,10,12)(H,11,13,14). The molecule has 0 aliphatic heterocycles. The van der Waals surface area contributed by atoms with Gasteiger partial charge in [-0.3, -0.25) is 0 Å². The molecule has 4 N–H and O–H groups in total. The SMILES string of the molecule is Cc1ncc(-c2[nH]c(=O)ncc2N)[nH]1. The Labute approximate surface area is 79.2 Å². The van der Waals surface area contributed by atoms with E-state index in [-0.39, 0.29) is 0 Å². The van der Waals surface area contributed by atoms with E-state index >= 15 is 0 Å². The maximum Gasteiger partial charge on any atom is 0.345 e. The van der Waals surface area contributed by atoms with Gasteiger partial charge in [-0.1, -0.05) is 0 Å². The second-order valence-electron chi connectivity index (χ2n) is 2.90. The van der Waals surface area contributed by atoms with Gasteiger partial charge in [0, 0.05) is 0 Å². The van der Waals surface area contributed by atoms with Gasteiger partial charge >= 0.3 is 5.69 Å². The first kappa shape index (κ1) is 8.49. The number of aromatic amines is 2. The molecule has 0 fully saturated rings. The number of nitrogen functional groups attached to an aromatic ring is 1. The van der Waals surface area contributed by atoms with Crippen LogP contribution in [0.1, 0.15) is 5.82 Å². The molecule has 0 spiro atoms. The number of rotatable bonds is 1. The summed E-state index contributed by atoms with van der Waals surface area (Å²) in [5.74, 6) is 0.761. The van der Waals surface area contributed by atoms with Crippen LogP contribution in [0.5, 0.6) is 0 Å². The van der Waals surface area contributed by atoms with E-state index in [4.69, 9.17) is 5.73 Å². The van der Waals surface area contributed by atoms with E-state index in [1.54, 1.807) is 6.20 Å². The lowest BCUT2D eigenvalue weighted by Crippen LogP contribution is -2.12. The van der Waals surface area contributed by atoms with Crippen LogP contribution in [-0.2, 0) is 0 Å². The highest BCUT2D eigenvalue weighted by molar-refractivity contribution is 5.67. The third-order valence-corrected chi connectivity index (χ3v) is 1.81. The van der Waals surface area contributed by atoms with Crippen molar-refractivity contribution in [1.29, 1.82) is 0 Å². The zero-order chi connectivity index (χ0) is 10.1. The predicted molar refractivity (Wildman–Crippen MR) is 51.6 cm³/mol. The molecule has 0 aromatic carbocycles. The number of nitrogens with two attached hydrogens (primary N) is 1. The molecule has 0 atom stereocenters. The number of H-pyrrole nitrogens is 2. The Balaban J connectivity index is 2.61. The smallest absolute Gasteiger partial charge is 0.345 e. The van der Waals surface area contributed by atoms with Crippen LogP contribution in [-0.4, -0.2) is 19.9 Å². The van der Waals surface area contributed by atoms with E-state index in [1.165, 1.54) is 6.20 Å². The third-order valence-electron chi connectivity index (χ3n) is 1.81. The molecule has 2 rings (SSSR count). The van der Waals surface area contributed by atoms with Gasteiger partial charge in [-0.2, -0.15) is 4.98 Å². The van der Waals surface area contributed by atoms with Gasteiger partial charge < -0.3 is 15.7 Å². The molecule has 0 aliphatic carbocycles. The summed E-state index contributed by atoms with van der Waals surface area (Å²) in [5.41, 5.74) is 6.83. The maximum absolute atomic E-state index is 11.0. The van der Waals surface area contributed by atoms with Crippen molar-refractivity contribution in [2.24, 2.45) is 0 Å². The zero-order valence-corrected chi connectivity index (χ0v) is 7.53. The van der Waals surface area contributed by atoms with Gasteiger partial charge in [-0.15, -0.1) is 0 Å². The largest absolute Gasteiger partial charge is 0.396 e. The fraction of sp³-hybridized carbons (Fsp3) is 0.125. The van der Waals surface area contributed by atoms with Crippen molar-refractivity contribution in [2.45, 2.75) is 6.92 Å². The Morgan fingerprint density at radius 1 is 1.29 bits per heavy atom. The fourth-order valence-corrected chi connectivity index (χ4v) is 1.17. The number of imidazole rings is 1. The van der Waals surface area contributed by atoms with Crippen molar-refractivity contribution in [2.75, 3.05) is 5.73 Å². The summed E-state index contributed by atoms with van der Waals surface area (Å²) in [6.07, 6.45) is 2.93. The lowest BCUT2D eigenvalue weighted by molar-refractivity contribution is 1.07. The molecule has 2 aromatic rings. The van der Waals surface area contributed by atoms with Crippen LogP contribution >= 0.6 is 0 Å². The molecule has 6 heteroatoms. The highest BCUT2D eigenvalue weighted by Crippen LogP contribution is 2.18. The Morgan fingerprint density at radius 2 is 2.07 bits per heavy atom. The van der Waals surface area contributed by atoms with Crippen molar-refractivity contribution < 1.29 is 0 Å². The van der Waals surface area contributed by atoms with Crippen LogP contribution in [0.3, 0.4) is 0 Å². The van der Waals surface area contributed by atoms with Crippen LogP contribution in [0.4, 0.5) is 5.69 Å². The average Bonchev–Trinajstić information content (AvgIpc) is 2.56. The van der Waals surface area contributed by atoms with Gasteiger partial charge in [0.2, 0.25) is 0 Å². The minimum absolute atomic E-state index is 0.410. The third kappa shape index (κ3) is 1.37. The van der Waals surface area contributed by atoms with Crippen LogP contribution in [0.15, 0.2) is 17.2 Å². The van der Waals surface area contributed by atoms with E-state index < -0.39 is 5.69 Å². The summed E-state index contributed by atoms with van der Waals surface area (Å²) in [7, 11) is 0. The number of anilines is 1. The molecule has 0 aliphatic rings. The molecule has 2 heterocycles. The van der Waals surface area contributed by atoms with E-state index in [9.17, 15) is 4.79 Å². The van der Waals surface area contributed by atoms with Crippen molar-refractivity contribution in [3.05, 3.63) is 28.7 Å². The van der Waals surface area contributed by atoms with Crippen molar-refractivity contribution >= 4 is 5.69 Å². The Hall–Kier alpha value is -2.11. The normalized spacial score (nSPS) is 10.4. The molecule has 2 aromatic heterocycles. The zero-order valence-electron chi connectivity index (χ0n) is 7.53. The van der Waals surface area contributed by atoms with Gasteiger partial charge in [-0.25, -0.2) is 9.78 Å². The van der Waals surface area contributed by atoms with Crippen LogP contribution < -0.4 is 11.4 Å². The van der Waals surface area contributed by atoms with E-state index in [2.05, 4.69) is 19.9 Å². The molecule has 14 heavy (non-hydrogen) atoms. The summed E-state index contributed by atoms with van der Waals surface area (Å²) in [4.78, 5) is 24.0. The first-order valence-corrected chi connectivity index (χ1v) is 4.03. The summed E-state index contributed by atoms with van der Waals surface area (Å²) >= 11 is 0. The van der Waals surface area contributed by atoms with E-state index in [0.717, 1.165) is 5.82 Å². The first-order valence-electron chi connectivity index (χ1n) is 4.03. The van der Waals surface area contributed by atoms with E-state index in [1.807, 2.05) is 6.92 Å². The number of aryl methyl sites for hydroxylation is 1. The topological polar surface area (TPSA) is 100 Å². The van der Waals surface area contributed by atoms with Gasteiger partial charge in [0.05, 0.1) is 29.5 Å². The Morgan fingerprint density at radius 3 is 2.71 bits per heavy atom. The van der Waals surface area contributed by atoms with Gasteiger partial charge in [-0.05, 0) is 6.92 Å². The molecule has 0 radical (unpaired) electrons. The van der Waals surface area contributed by atoms with Crippen LogP contribution in [0, 0.1) is 6.92 Å². The van der Waals surface area contributed by atoms with Crippen molar-refractivity contribution in [3.8, 4) is 11.4 Å². The minimum Gasteiger partial charge on any atom is -0.396 e. The molecule has 72 valence electrons. The minimum atomic E-state index is -0.429. The molecule has 0 saturated carbocycles. The number of nitrogens with zero attached hydrogens (tertiary/aromatic N) is 2.